The van der Waals surface area contributed by atoms with Crippen molar-refractivity contribution in [2.45, 2.75) is 50.7 Å². The molecule has 7 nitrogen and oxygen atoms in total. The van der Waals surface area contributed by atoms with E-state index in [0.29, 0.717) is 30.6 Å². The van der Waals surface area contributed by atoms with Gasteiger partial charge in [0.2, 0.25) is 12.0 Å². The summed E-state index contributed by atoms with van der Waals surface area (Å²) in [5.74, 6) is -0.0797. The van der Waals surface area contributed by atoms with E-state index >= 15 is 0 Å². The first-order valence-corrected chi connectivity index (χ1v) is 9.16. The maximum absolute atomic E-state index is 13.5. The Kier molecular flexibility index (Phi) is 4.31. The SMILES string of the molecule is CO[n+]1ccnc(-n2nc(C(=O)NC3(C(F)(F)F)CCC3)c3c2CC(C)C3)c1. The molecule has 2 heterocycles. The minimum Gasteiger partial charge on any atom is -0.336 e. The van der Waals surface area contributed by atoms with Gasteiger partial charge in [0.1, 0.15) is 12.6 Å². The van der Waals surface area contributed by atoms with Crippen LogP contribution in [0.1, 0.15) is 47.9 Å². The first kappa shape index (κ1) is 18.7. The molecule has 2 aromatic rings. The zero-order valence-electron chi connectivity index (χ0n) is 15.6. The van der Waals surface area contributed by atoms with E-state index in [1.807, 2.05) is 6.92 Å². The Morgan fingerprint density at radius 3 is 2.75 bits per heavy atom. The largest absolute Gasteiger partial charge is 0.411 e. The van der Waals surface area contributed by atoms with Gasteiger partial charge >= 0.3 is 6.18 Å². The molecule has 0 radical (unpaired) electrons. The fraction of sp³-hybridized carbons (Fsp3) is 0.556. The van der Waals surface area contributed by atoms with Crippen molar-refractivity contribution >= 4 is 5.91 Å². The second kappa shape index (κ2) is 6.46. The highest BCUT2D eigenvalue weighted by Crippen LogP contribution is 2.45. The van der Waals surface area contributed by atoms with E-state index in [4.69, 9.17) is 4.84 Å². The lowest BCUT2D eigenvalue weighted by atomic mass is 9.76. The summed E-state index contributed by atoms with van der Waals surface area (Å²) in [5, 5.41) is 6.57. The number of aromatic nitrogens is 4. The van der Waals surface area contributed by atoms with Crippen LogP contribution in [-0.2, 0) is 12.8 Å². The smallest absolute Gasteiger partial charge is 0.336 e. The molecule has 1 saturated carbocycles. The number of nitrogens with zero attached hydrogens (tertiary/aromatic N) is 4. The summed E-state index contributed by atoms with van der Waals surface area (Å²) in [6.07, 6.45) is 1.74. The molecule has 2 aliphatic rings. The highest BCUT2D eigenvalue weighted by molar-refractivity contribution is 5.95. The number of rotatable bonds is 4. The lowest BCUT2D eigenvalue weighted by molar-refractivity contribution is -0.885. The molecule has 0 saturated heterocycles. The lowest BCUT2D eigenvalue weighted by Gasteiger charge is -2.43. The van der Waals surface area contributed by atoms with Gasteiger partial charge in [-0.1, -0.05) is 6.92 Å². The molecule has 1 fully saturated rings. The number of halogens is 3. The number of hydrogen-bond donors (Lipinski definition) is 1. The van der Waals surface area contributed by atoms with Crippen LogP contribution in [0.3, 0.4) is 0 Å². The number of amides is 1. The number of carbonyl (C=O) groups is 1. The van der Waals surface area contributed by atoms with Crippen molar-refractivity contribution in [1.82, 2.24) is 20.1 Å². The van der Waals surface area contributed by atoms with Crippen LogP contribution in [0.25, 0.3) is 5.82 Å². The second-order valence-corrected chi connectivity index (χ2v) is 7.54. The van der Waals surface area contributed by atoms with Crippen molar-refractivity contribution in [3.8, 4) is 5.82 Å². The standard InChI is InChI=1S/C18H20F3N5O2/c1-11-8-12-13(9-11)26(14-10-25(28-2)7-6-22-14)24-15(12)16(27)23-17(4-3-5-17)18(19,20)21/h6-7,10-11H,3-5,8-9H2,1-2H3/p+1. The molecule has 1 unspecified atom stereocenters. The molecule has 0 spiro atoms. The molecule has 1 amide bonds. The van der Waals surface area contributed by atoms with Crippen LogP contribution in [0.5, 0.6) is 0 Å². The molecule has 0 bridgehead atoms. The van der Waals surface area contributed by atoms with E-state index in [2.05, 4.69) is 15.4 Å². The van der Waals surface area contributed by atoms with Crippen LogP contribution in [-0.4, -0.2) is 39.5 Å². The van der Waals surface area contributed by atoms with Gasteiger partial charge in [-0.3, -0.25) is 9.63 Å². The van der Waals surface area contributed by atoms with E-state index in [1.165, 1.54) is 22.7 Å². The predicted octanol–water partition coefficient (Wildman–Crippen LogP) is 1.56. The number of hydrogen-bond acceptors (Lipinski definition) is 4. The zero-order chi connectivity index (χ0) is 20.1. The number of fused-ring (bicyclic) bond motifs is 1. The third kappa shape index (κ3) is 2.91. The molecule has 2 aliphatic carbocycles. The quantitative estimate of drug-likeness (QED) is 0.797. The molecule has 0 aromatic carbocycles. The average Bonchev–Trinajstić information content (AvgIpc) is 3.14. The molecule has 0 aliphatic heterocycles. The normalized spacial score (nSPS) is 20.4. The summed E-state index contributed by atoms with van der Waals surface area (Å²) in [6.45, 7) is 2.03. The highest BCUT2D eigenvalue weighted by Gasteiger charge is 2.59. The molecule has 150 valence electrons. The van der Waals surface area contributed by atoms with Gasteiger partial charge in [0.25, 0.3) is 12.1 Å². The summed E-state index contributed by atoms with van der Waals surface area (Å²) < 4.78 is 43.3. The summed E-state index contributed by atoms with van der Waals surface area (Å²) in [5.41, 5.74) is -0.607. The maximum Gasteiger partial charge on any atom is 0.411 e. The zero-order valence-corrected chi connectivity index (χ0v) is 15.6. The fourth-order valence-electron chi connectivity index (χ4n) is 3.91. The Hall–Kier alpha value is -2.65. The third-order valence-corrected chi connectivity index (χ3v) is 5.59. The summed E-state index contributed by atoms with van der Waals surface area (Å²) in [4.78, 5) is 22.2. The van der Waals surface area contributed by atoms with Gasteiger partial charge in [-0.05, 0) is 38.0 Å². The number of alkyl halides is 3. The van der Waals surface area contributed by atoms with E-state index in [-0.39, 0.29) is 24.5 Å². The molecular weight excluding hydrogens is 375 g/mol. The van der Waals surface area contributed by atoms with Crippen LogP contribution in [0.4, 0.5) is 13.2 Å². The number of nitrogens with one attached hydrogen (secondary N) is 1. The van der Waals surface area contributed by atoms with Crippen molar-refractivity contribution < 1.29 is 27.5 Å². The third-order valence-electron chi connectivity index (χ3n) is 5.59. The second-order valence-electron chi connectivity index (χ2n) is 7.54. The van der Waals surface area contributed by atoms with Crippen molar-refractivity contribution in [2.24, 2.45) is 5.92 Å². The van der Waals surface area contributed by atoms with E-state index in [1.54, 1.807) is 12.4 Å². The molecule has 1 N–H and O–H groups in total. The fourth-order valence-corrected chi connectivity index (χ4v) is 3.91. The number of carbonyl (C=O) groups excluding carboxylic acids is 1. The Morgan fingerprint density at radius 1 is 1.39 bits per heavy atom. The molecular formula is C18H21F3N5O2+. The minimum absolute atomic E-state index is 0.0458. The van der Waals surface area contributed by atoms with Gasteiger partial charge in [0, 0.05) is 10.3 Å². The monoisotopic (exact) mass is 396 g/mol. The van der Waals surface area contributed by atoms with Crippen molar-refractivity contribution in [1.29, 1.82) is 0 Å². The van der Waals surface area contributed by atoms with Crippen LogP contribution >= 0.6 is 0 Å². The van der Waals surface area contributed by atoms with Gasteiger partial charge in [-0.15, -0.1) is 0 Å². The van der Waals surface area contributed by atoms with E-state index in [9.17, 15) is 18.0 Å². The highest BCUT2D eigenvalue weighted by atomic mass is 19.4. The summed E-state index contributed by atoms with van der Waals surface area (Å²) in [7, 11) is 1.49. The molecule has 1 atom stereocenters. The first-order chi connectivity index (χ1) is 13.2. The Labute approximate surface area is 159 Å². The molecule has 28 heavy (non-hydrogen) atoms. The van der Waals surface area contributed by atoms with Crippen LogP contribution in [0, 0.1) is 5.92 Å². The van der Waals surface area contributed by atoms with Crippen LogP contribution in [0.15, 0.2) is 18.6 Å². The van der Waals surface area contributed by atoms with E-state index in [0.717, 1.165) is 5.69 Å². The Bertz CT molecular complexity index is 920. The Morgan fingerprint density at radius 2 is 2.14 bits per heavy atom. The van der Waals surface area contributed by atoms with Gasteiger partial charge in [-0.2, -0.15) is 18.3 Å². The average molecular weight is 396 g/mol. The molecule has 2 aromatic heterocycles. The van der Waals surface area contributed by atoms with Crippen LogP contribution < -0.4 is 14.9 Å². The van der Waals surface area contributed by atoms with Gasteiger partial charge in [0.15, 0.2) is 5.69 Å². The lowest BCUT2D eigenvalue weighted by Crippen LogP contribution is -2.63. The van der Waals surface area contributed by atoms with Gasteiger partial charge in [0.05, 0.1) is 11.9 Å². The van der Waals surface area contributed by atoms with Crippen LogP contribution in [0.2, 0.25) is 0 Å². The first-order valence-electron chi connectivity index (χ1n) is 9.16. The Balaban J connectivity index is 1.71. The van der Waals surface area contributed by atoms with Crippen molar-refractivity contribution in [3.63, 3.8) is 0 Å². The van der Waals surface area contributed by atoms with E-state index < -0.39 is 17.6 Å². The predicted molar refractivity (Wildman–Crippen MR) is 90.7 cm³/mol. The topological polar surface area (TPSA) is 72.9 Å². The van der Waals surface area contributed by atoms with Crippen molar-refractivity contribution in [2.75, 3.05) is 7.11 Å². The van der Waals surface area contributed by atoms with Gasteiger partial charge < -0.3 is 5.32 Å². The summed E-state index contributed by atoms with van der Waals surface area (Å²) >= 11 is 0. The minimum atomic E-state index is -4.48. The molecule has 10 heteroatoms. The maximum atomic E-state index is 13.5. The summed E-state index contributed by atoms with van der Waals surface area (Å²) in [6, 6.07) is 0. The molecule has 4 rings (SSSR count). The van der Waals surface area contributed by atoms with Crippen molar-refractivity contribution in [3.05, 3.63) is 35.5 Å². The van der Waals surface area contributed by atoms with Gasteiger partial charge in [-0.25, -0.2) is 9.67 Å².